The lowest BCUT2D eigenvalue weighted by molar-refractivity contribution is -0.384. The zero-order chi connectivity index (χ0) is 15.3. The number of nitro groups is 1. The van der Waals surface area contributed by atoms with Crippen molar-refractivity contribution in [2.24, 2.45) is 5.92 Å². The van der Waals surface area contributed by atoms with Gasteiger partial charge in [0.05, 0.1) is 12.0 Å². The Kier molecular flexibility index (Phi) is 5.64. The quantitative estimate of drug-likeness (QED) is 0.491. The first-order chi connectivity index (χ1) is 9.36. The summed E-state index contributed by atoms with van der Waals surface area (Å²) >= 11 is 0. The van der Waals surface area contributed by atoms with Crippen molar-refractivity contribution in [3.8, 4) is 0 Å². The number of nitro benzene ring substituents is 1. The van der Waals surface area contributed by atoms with Gasteiger partial charge < -0.3 is 4.74 Å². The Hall–Kier alpha value is -1.95. The molecule has 0 heterocycles. The monoisotopic (exact) mass is 280 g/mol. The molecule has 1 N–H and O–H groups in total. The van der Waals surface area contributed by atoms with Crippen molar-refractivity contribution in [1.29, 1.82) is 0 Å². The lowest BCUT2D eigenvalue weighted by Gasteiger charge is -2.24. The highest BCUT2D eigenvalue weighted by Gasteiger charge is 2.25. The van der Waals surface area contributed by atoms with Gasteiger partial charge in [0, 0.05) is 18.2 Å². The van der Waals surface area contributed by atoms with Crippen LogP contribution in [0, 0.1) is 16.0 Å². The van der Waals surface area contributed by atoms with Gasteiger partial charge in [-0.05, 0) is 18.4 Å². The van der Waals surface area contributed by atoms with Crippen LogP contribution >= 0.6 is 0 Å². The SMILES string of the molecule is COC(=O)C(NC(C)c1cccc([N+](=O)[O-])c1)C(C)C. The molecular formula is C14H20N2O4. The third-order valence-electron chi connectivity index (χ3n) is 3.13. The van der Waals surface area contributed by atoms with E-state index in [2.05, 4.69) is 5.32 Å². The molecule has 0 aliphatic rings. The molecule has 0 aliphatic heterocycles. The highest BCUT2D eigenvalue weighted by molar-refractivity contribution is 5.76. The lowest BCUT2D eigenvalue weighted by atomic mass is 10.0. The first-order valence-electron chi connectivity index (χ1n) is 6.45. The maximum atomic E-state index is 11.7. The predicted molar refractivity (Wildman–Crippen MR) is 75.3 cm³/mol. The van der Waals surface area contributed by atoms with Crippen molar-refractivity contribution in [1.82, 2.24) is 5.32 Å². The van der Waals surface area contributed by atoms with Gasteiger partial charge in [-0.25, -0.2) is 0 Å². The Morgan fingerprint density at radius 2 is 2.00 bits per heavy atom. The summed E-state index contributed by atoms with van der Waals surface area (Å²) in [6, 6.07) is 5.73. The summed E-state index contributed by atoms with van der Waals surface area (Å²) in [6.45, 7) is 5.68. The zero-order valence-corrected chi connectivity index (χ0v) is 12.1. The Morgan fingerprint density at radius 1 is 1.35 bits per heavy atom. The molecule has 20 heavy (non-hydrogen) atoms. The second-order valence-corrected chi connectivity index (χ2v) is 4.99. The van der Waals surface area contributed by atoms with Gasteiger partial charge in [-0.3, -0.25) is 20.2 Å². The van der Waals surface area contributed by atoms with Crippen molar-refractivity contribution < 1.29 is 14.5 Å². The summed E-state index contributed by atoms with van der Waals surface area (Å²) in [6.07, 6.45) is 0. The minimum Gasteiger partial charge on any atom is -0.468 e. The molecule has 2 atom stereocenters. The third-order valence-corrected chi connectivity index (χ3v) is 3.13. The molecule has 1 rings (SSSR count). The van der Waals surface area contributed by atoms with E-state index in [-0.39, 0.29) is 23.6 Å². The van der Waals surface area contributed by atoms with Crippen molar-refractivity contribution in [2.45, 2.75) is 32.9 Å². The van der Waals surface area contributed by atoms with Crippen molar-refractivity contribution in [3.63, 3.8) is 0 Å². The molecule has 0 saturated carbocycles. The fraction of sp³-hybridized carbons (Fsp3) is 0.500. The van der Waals surface area contributed by atoms with Gasteiger partial charge >= 0.3 is 5.97 Å². The molecule has 6 nitrogen and oxygen atoms in total. The average molecular weight is 280 g/mol. The minimum absolute atomic E-state index is 0.0373. The Balaban J connectivity index is 2.88. The molecule has 2 unspecified atom stereocenters. The Labute approximate surface area is 118 Å². The number of hydrogen-bond donors (Lipinski definition) is 1. The number of non-ortho nitro benzene ring substituents is 1. The molecule has 0 fully saturated rings. The van der Waals surface area contributed by atoms with E-state index in [1.165, 1.54) is 19.2 Å². The number of methoxy groups -OCH3 is 1. The first-order valence-corrected chi connectivity index (χ1v) is 6.45. The van der Waals surface area contributed by atoms with Gasteiger partial charge in [0.25, 0.3) is 5.69 Å². The molecule has 1 aromatic carbocycles. The fourth-order valence-corrected chi connectivity index (χ4v) is 1.93. The van der Waals surface area contributed by atoms with Crippen LogP contribution in [0.5, 0.6) is 0 Å². The number of carbonyl (C=O) groups is 1. The first kappa shape index (κ1) is 16.1. The summed E-state index contributed by atoms with van der Waals surface area (Å²) in [5, 5.41) is 13.9. The highest BCUT2D eigenvalue weighted by atomic mass is 16.6. The normalized spacial score (nSPS) is 13.8. The van der Waals surface area contributed by atoms with Gasteiger partial charge in [0.15, 0.2) is 0 Å². The number of benzene rings is 1. The Morgan fingerprint density at radius 3 is 2.50 bits per heavy atom. The number of ether oxygens (including phenoxy) is 1. The fourth-order valence-electron chi connectivity index (χ4n) is 1.93. The van der Waals surface area contributed by atoms with Crippen LogP contribution < -0.4 is 5.32 Å². The topological polar surface area (TPSA) is 81.5 Å². The van der Waals surface area contributed by atoms with Crippen LogP contribution in [0.4, 0.5) is 5.69 Å². The van der Waals surface area contributed by atoms with E-state index in [1.807, 2.05) is 20.8 Å². The summed E-state index contributed by atoms with van der Waals surface area (Å²) in [7, 11) is 1.34. The molecule has 1 aromatic rings. The van der Waals surface area contributed by atoms with E-state index >= 15 is 0 Å². The van der Waals surface area contributed by atoms with Gasteiger partial charge in [-0.2, -0.15) is 0 Å². The molecule has 0 radical (unpaired) electrons. The van der Waals surface area contributed by atoms with Crippen molar-refractivity contribution >= 4 is 11.7 Å². The molecule has 0 aliphatic carbocycles. The number of hydrogen-bond acceptors (Lipinski definition) is 5. The van der Waals surface area contributed by atoms with E-state index in [9.17, 15) is 14.9 Å². The van der Waals surface area contributed by atoms with Crippen LogP contribution in [0.15, 0.2) is 24.3 Å². The number of nitrogens with zero attached hydrogens (tertiary/aromatic N) is 1. The third kappa shape index (κ3) is 4.03. The minimum atomic E-state index is -0.450. The maximum absolute atomic E-state index is 11.7. The van der Waals surface area contributed by atoms with Crippen LogP contribution in [0.2, 0.25) is 0 Å². The number of rotatable bonds is 6. The number of esters is 1. The second kappa shape index (κ2) is 7.00. The van der Waals surface area contributed by atoms with Crippen LogP contribution in [0.3, 0.4) is 0 Å². The molecule has 0 aromatic heterocycles. The molecule has 6 heteroatoms. The van der Waals surface area contributed by atoms with Crippen molar-refractivity contribution in [2.75, 3.05) is 7.11 Å². The van der Waals surface area contributed by atoms with Crippen LogP contribution in [0.1, 0.15) is 32.4 Å². The van der Waals surface area contributed by atoms with Crippen molar-refractivity contribution in [3.05, 3.63) is 39.9 Å². The summed E-state index contributed by atoms with van der Waals surface area (Å²) in [5.41, 5.74) is 0.795. The largest absolute Gasteiger partial charge is 0.468 e. The van der Waals surface area contributed by atoms with Crippen LogP contribution in [-0.2, 0) is 9.53 Å². The van der Waals surface area contributed by atoms with Gasteiger partial charge in [0.1, 0.15) is 6.04 Å². The molecular weight excluding hydrogens is 260 g/mol. The smallest absolute Gasteiger partial charge is 0.323 e. The van der Waals surface area contributed by atoms with Gasteiger partial charge in [-0.1, -0.05) is 26.0 Å². The van der Waals surface area contributed by atoms with Crippen LogP contribution in [-0.4, -0.2) is 24.0 Å². The van der Waals surface area contributed by atoms with E-state index in [0.717, 1.165) is 5.56 Å². The van der Waals surface area contributed by atoms with E-state index in [4.69, 9.17) is 4.74 Å². The average Bonchev–Trinajstić information content (AvgIpc) is 2.43. The predicted octanol–water partition coefficient (Wildman–Crippen LogP) is 2.44. The maximum Gasteiger partial charge on any atom is 0.323 e. The molecule has 0 spiro atoms. The second-order valence-electron chi connectivity index (χ2n) is 4.99. The highest BCUT2D eigenvalue weighted by Crippen LogP contribution is 2.20. The van der Waals surface area contributed by atoms with Crippen LogP contribution in [0.25, 0.3) is 0 Å². The summed E-state index contributed by atoms with van der Waals surface area (Å²) in [4.78, 5) is 22.0. The van der Waals surface area contributed by atoms with Gasteiger partial charge in [0.2, 0.25) is 0 Å². The Bertz CT molecular complexity index is 488. The molecule has 0 saturated heterocycles. The van der Waals surface area contributed by atoms with Gasteiger partial charge in [-0.15, -0.1) is 0 Å². The standard InChI is InChI=1S/C14H20N2O4/c1-9(2)13(14(17)20-4)15-10(3)11-6-5-7-12(8-11)16(18)19/h5-10,13,15H,1-4H3. The molecule has 110 valence electrons. The van der Waals surface area contributed by atoms with E-state index in [0.29, 0.717) is 0 Å². The number of nitrogens with one attached hydrogen (secondary N) is 1. The zero-order valence-electron chi connectivity index (χ0n) is 12.1. The molecule has 0 amide bonds. The number of carbonyl (C=O) groups excluding carboxylic acids is 1. The lowest BCUT2D eigenvalue weighted by Crippen LogP contribution is -2.42. The van der Waals surface area contributed by atoms with E-state index in [1.54, 1.807) is 12.1 Å². The summed E-state index contributed by atoms with van der Waals surface area (Å²) < 4.78 is 4.76. The summed E-state index contributed by atoms with van der Waals surface area (Å²) in [5.74, 6) is -0.277. The molecule has 0 bridgehead atoms. The van der Waals surface area contributed by atoms with E-state index < -0.39 is 11.0 Å².